The summed E-state index contributed by atoms with van der Waals surface area (Å²) in [7, 11) is 0. The lowest BCUT2D eigenvalue weighted by molar-refractivity contribution is -0.121. The molecule has 0 saturated carbocycles. The third-order valence-corrected chi connectivity index (χ3v) is 4.42. The van der Waals surface area contributed by atoms with Crippen LogP contribution in [-0.2, 0) is 4.79 Å². The van der Waals surface area contributed by atoms with Crippen LogP contribution in [0.1, 0.15) is 35.8 Å². The van der Waals surface area contributed by atoms with Crippen LogP contribution in [0.3, 0.4) is 0 Å². The molecule has 2 aromatic carbocycles. The summed E-state index contributed by atoms with van der Waals surface area (Å²) in [5.74, 6) is 0.302. The molecule has 1 aliphatic heterocycles. The summed E-state index contributed by atoms with van der Waals surface area (Å²) in [6.07, 6.45) is 0. The molecule has 28 heavy (non-hydrogen) atoms. The monoisotopic (exact) mass is 386 g/mol. The zero-order chi connectivity index (χ0) is 20.1. The van der Waals surface area contributed by atoms with E-state index >= 15 is 0 Å². The number of ether oxygens (including phenoxy) is 2. The number of halogens is 1. The van der Waals surface area contributed by atoms with Crippen LogP contribution in [-0.4, -0.2) is 31.6 Å². The van der Waals surface area contributed by atoms with Gasteiger partial charge in [0.05, 0.1) is 12.6 Å². The van der Waals surface area contributed by atoms with E-state index in [-0.39, 0.29) is 24.4 Å². The lowest BCUT2D eigenvalue weighted by atomic mass is 9.95. The van der Waals surface area contributed by atoms with Crippen molar-refractivity contribution < 1.29 is 23.5 Å². The third kappa shape index (κ3) is 4.79. The van der Waals surface area contributed by atoms with Crippen molar-refractivity contribution in [2.45, 2.75) is 19.9 Å². The second kappa shape index (κ2) is 8.73. The predicted molar refractivity (Wildman–Crippen MR) is 102 cm³/mol. The van der Waals surface area contributed by atoms with Crippen LogP contribution in [0, 0.1) is 11.7 Å². The van der Waals surface area contributed by atoms with E-state index in [1.54, 1.807) is 0 Å². The fourth-order valence-corrected chi connectivity index (χ4v) is 2.98. The maximum absolute atomic E-state index is 12.9. The largest absolute Gasteiger partial charge is 0.486 e. The molecule has 0 bridgehead atoms. The summed E-state index contributed by atoms with van der Waals surface area (Å²) in [5.41, 5.74) is 1.19. The molecule has 0 radical (unpaired) electrons. The first kappa shape index (κ1) is 19.7. The van der Waals surface area contributed by atoms with Crippen LogP contribution in [0.4, 0.5) is 4.39 Å². The quantitative estimate of drug-likeness (QED) is 0.800. The van der Waals surface area contributed by atoms with Crippen molar-refractivity contribution in [3.8, 4) is 11.5 Å². The normalized spacial score (nSPS) is 13.7. The highest BCUT2D eigenvalue weighted by atomic mass is 19.1. The Labute approximate surface area is 163 Å². The van der Waals surface area contributed by atoms with Crippen LogP contribution in [0.25, 0.3) is 0 Å². The van der Waals surface area contributed by atoms with Crippen LogP contribution in [0.5, 0.6) is 11.5 Å². The van der Waals surface area contributed by atoms with Gasteiger partial charge in [-0.15, -0.1) is 0 Å². The van der Waals surface area contributed by atoms with Gasteiger partial charge in [-0.2, -0.15) is 0 Å². The number of fused-ring (bicyclic) bond motifs is 1. The molecule has 0 fully saturated rings. The molecular weight excluding hydrogens is 363 g/mol. The van der Waals surface area contributed by atoms with Crippen molar-refractivity contribution in [1.82, 2.24) is 10.6 Å². The summed E-state index contributed by atoms with van der Waals surface area (Å²) in [5, 5.41) is 5.49. The molecule has 0 saturated heterocycles. The minimum absolute atomic E-state index is 0.124. The number of hydrogen-bond donors (Lipinski definition) is 2. The molecule has 2 N–H and O–H groups in total. The van der Waals surface area contributed by atoms with Gasteiger partial charge in [-0.05, 0) is 47.9 Å². The van der Waals surface area contributed by atoms with Crippen molar-refractivity contribution in [2.75, 3.05) is 19.8 Å². The molecule has 1 heterocycles. The molecule has 0 unspecified atom stereocenters. The molecule has 3 rings (SSSR count). The molecular formula is C21H23FN2O4. The first-order chi connectivity index (χ1) is 13.4. The maximum atomic E-state index is 12.9. The highest BCUT2D eigenvalue weighted by Gasteiger charge is 2.21. The Morgan fingerprint density at radius 2 is 1.71 bits per heavy atom. The average molecular weight is 386 g/mol. The Bertz CT molecular complexity index is 852. The van der Waals surface area contributed by atoms with Crippen LogP contribution in [0.2, 0.25) is 0 Å². The number of hydrogen-bond acceptors (Lipinski definition) is 4. The SMILES string of the molecule is CC(C)[C@@H](NC(=O)CNC(=O)c1ccc(F)cc1)c1ccc2c(c1)OCCO2. The van der Waals surface area contributed by atoms with Gasteiger partial charge in [-0.1, -0.05) is 19.9 Å². The topological polar surface area (TPSA) is 76.7 Å². The van der Waals surface area contributed by atoms with E-state index in [4.69, 9.17) is 9.47 Å². The van der Waals surface area contributed by atoms with Gasteiger partial charge in [-0.25, -0.2) is 4.39 Å². The van der Waals surface area contributed by atoms with Crippen LogP contribution in [0.15, 0.2) is 42.5 Å². The first-order valence-corrected chi connectivity index (χ1v) is 9.16. The fraction of sp³-hybridized carbons (Fsp3) is 0.333. The number of rotatable bonds is 6. The van der Waals surface area contributed by atoms with Crippen molar-refractivity contribution >= 4 is 11.8 Å². The Morgan fingerprint density at radius 3 is 2.39 bits per heavy atom. The minimum Gasteiger partial charge on any atom is -0.486 e. The standard InChI is InChI=1S/C21H23FN2O4/c1-13(2)20(15-5-8-17-18(11-15)28-10-9-27-17)24-19(25)12-23-21(26)14-3-6-16(22)7-4-14/h3-8,11,13,20H,9-10,12H2,1-2H3,(H,23,26)(H,24,25)/t20-/m1/s1. The molecule has 1 atom stereocenters. The van der Waals surface area contributed by atoms with E-state index in [2.05, 4.69) is 10.6 Å². The van der Waals surface area contributed by atoms with Gasteiger partial charge in [0.2, 0.25) is 5.91 Å². The van der Waals surface area contributed by atoms with E-state index in [1.165, 1.54) is 24.3 Å². The Hall–Kier alpha value is -3.09. The summed E-state index contributed by atoms with van der Waals surface area (Å²) < 4.78 is 24.1. The maximum Gasteiger partial charge on any atom is 0.251 e. The molecule has 2 aromatic rings. The fourth-order valence-electron chi connectivity index (χ4n) is 2.98. The highest BCUT2D eigenvalue weighted by molar-refractivity contribution is 5.96. The lowest BCUT2D eigenvalue weighted by Gasteiger charge is -2.25. The molecule has 6 nitrogen and oxygen atoms in total. The Morgan fingerprint density at radius 1 is 1.04 bits per heavy atom. The zero-order valence-corrected chi connectivity index (χ0v) is 15.8. The Kier molecular flexibility index (Phi) is 6.13. The van der Waals surface area contributed by atoms with Gasteiger partial charge in [0.15, 0.2) is 11.5 Å². The van der Waals surface area contributed by atoms with Gasteiger partial charge in [0, 0.05) is 5.56 Å². The summed E-state index contributed by atoms with van der Waals surface area (Å²) in [6, 6.07) is 10.5. The highest BCUT2D eigenvalue weighted by Crippen LogP contribution is 2.34. The van der Waals surface area contributed by atoms with E-state index < -0.39 is 11.7 Å². The van der Waals surface area contributed by atoms with Crippen LogP contribution < -0.4 is 20.1 Å². The van der Waals surface area contributed by atoms with Crippen molar-refractivity contribution in [2.24, 2.45) is 5.92 Å². The Balaban J connectivity index is 1.61. The molecule has 0 aromatic heterocycles. The van der Waals surface area contributed by atoms with E-state index in [1.807, 2.05) is 32.0 Å². The molecule has 0 aliphatic carbocycles. The van der Waals surface area contributed by atoms with Crippen molar-refractivity contribution in [1.29, 1.82) is 0 Å². The lowest BCUT2D eigenvalue weighted by Crippen LogP contribution is -2.40. The number of benzene rings is 2. The van der Waals surface area contributed by atoms with Gasteiger partial charge < -0.3 is 20.1 Å². The molecule has 2 amide bonds. The second-order valence-electron chi connectivity index (χ2n) is 6.88. The van der Waals surface area contributed by atoms with E-state index in [9.17, 15) is 14.0 Å². The van der Waals surface area contributed by atoms with Crippen LogP contribution >= 0.6 is 0 Å². The average Bonchev–Trinajstić information content (AvgIpc) is 2.70. The van der Waals surface area contributed by atoms with Gasteiger partial charge in [-0.3, -0.25) is 9.59 Å². The number of amides is 2. The minimum atomic E-state index is -0.435. The van der Waals surface area contributed by atoms with Crippen molar-refractivity contribution in [3.05, 3.63) is 59.4 Å². The molecule has 0 spiro atoms. The van der Waals surface area contributed by atoms with Gasteiger partial charge >= 0.3 is 0 Å². The van der Waals surface area contributed by atoms with Gasteiger partial charge in [0.1, 0.15) is 19.0 Å². The number of nitrogens with one attached hydrogen (secondary N) is 2. The van der Waals surface area contributed by atoms with E-state index in [0.29, 0.717) is 30.3 Å². The summed E-state index contributed by atoms with van der Waals surface area (Å²) in [6.45, 7) is 4.83. The predicted octanol–water partition coefficient (Wildman–Crippen LogP) is 2.84. The molecule has 148 valence electrons. The summed E-state index contributed by atoms with van der Waals surface area (Å²) in [4.78, 5) is 24.4. The third-order valence-electron chi connectivity index (χ3n) is 4.42. The van der Waals surface area contributed by atoms with Gasteiger partial charge in [0.25, 0.3) is 5.91 Å². The summed E-state index contributed by atoms with van der Waals surface area (Å²) >= 11 is 0. The molecule has 1 aliphatic rings. The molecule has 7 heteroatoms. The number of carbonyl (C=O) groups is 2. The first-order valence-electron chi connectivity index (χ1n) is 9.16. The van der Waals surface area contributed by atoms with Crippen molar-refractivity contribution in [3.63, 3.8) is 0 Å². The zero-order valence-electron chi connectivity index (χ0n) is 15.8. The number of carbonyl (C=O) groups excluding carboxylic acids is 2. The van der Waals surface area contributed by atoms with E-state index in [0.717, 1.165) is 5.56 Å². The smallest absolute Gasteiger partial charge is 0.251 e. The second-order valence-corrected chi connectivity index (χ2v) is 6.88.